The molecule has 0 atom stereocenters. The summed E-state index contributed by atoms with van der Waals surface area (Å²) in [7, 11) is -2.29. The monoisotopic (exact) mass is 305 g/mol. The minimum atomic E-state index is -4.58. The lowest BCUT2D eigenvalue weighted by Crippen LogP contribution is -2.18. The molecule has 0 bridgehead atoms. The average molecular weight is 305 g/mol. The zero-order valence-corrected chi connectivity index (χ0v) is 11.0. The van der Waals surface area contributed by atoms with E-state index in [1.54, 1.807) is 0 Å². The number of alkyl halides is 3. The van der Waals surface area contributed by atoms with Gasteiger partial charge in [-0.3, -0.25) is 0 Å². The number of nitrogens with one attached hydrogen (secondary N) is 1. The molecule has 1 aromatic carbocycles. The average Bonchev–Trinajstić information content (AvgIpc) is 2.88. The van der Waals surface area contributed by atoms with E-state index in [2.05, 4.69) is 9.82 Å². The van der Waals surface area contributed by atoms with E-state index in [1.807, 2.05) is 0 Å². The highest BCUT2D eigenvalue weighted by molar-refractivity contribution is 7.89. The number of nitrogens with zero attached hydrogens (tertiary/aromatic N) is 2. The standard InChI is InChI=1S/C11H10F3N3O2S/c1-15-20(18,19)10-4-2-8(3-5-10)9-6-16-17(7-9)11(12,13)14/h2-7,15H,1H3. The van der Waals surface area contributed by atoms with Gasteiger partial charge in [-0.15, -0.1) is 13.2 Å². The van der Waals surface area contributed by atoms with Gasteiger partial charge in [-0.1, -0.05) is 12.1 Å². The third-order valence-corrected chi connectivity index (χ3v) is 4.04. The van der Waals surface area contributed by atoms with Gasteiger partial charge in [0.1, 0.15) is 0 Å². The number of halogens is 3. The molecule has 108 valence electrons. The van der Waals surface area contributed by atoms with Gasteiger partial charge < -0.3 is 0 Å². The van der Waals surface area contributed by atoms with Crippen LogP contribution < -0.4 is 4.72 Å². The Morgan fingerprint density at radius 2 is 1.75 bits per heavy atom. The van der Waals surface area contributed by atoms with E-state index in [9.17, 15) is 21.6 Å². The SMILES string of the molecule is CNS(=O)(=O)c1ccc(-c2cnn(C(F)(F)F)c2)cc1. The van der Waals surface area contributed by atoms with E-state index in [0.717, 1.165) is 12.4 Å². The van der Waals surface area contributed by atoms with E-state index in [1.165, 1.54) is 31.3 Å². The van der Waals surface area contributed by atoms with E-state index in [4.69, 9.17) is 0 Å². The first kappa shape index (κ1) is 14.5. The summed E-state index contributed by atoms with van der Waals surface area (Å²) in [5.74, 6) is 0. The van der Waals surface area contributed by atoms with Crippen molar-refractivity contribution in [3.05, 3.63) is 36.7 Å². The van der Waals surface area contributed by atoms with Gasteiger partial charge in [-0.05, 0) is 24.7 Å². The lowest BCUT2D eigenvalue weighted by atomic mass is 10.1. The van der Waals surface area contributed by atoms with Crippen molar-refractivity contribution in [1.82, 2.24) is 14.5 Å². The van der Waals surface area contributed by atoms with Crippen molar-refractivity contribution in [2.45, 2.75) is 11.2 Å². The number of hydrogen-bond acceptors (Lipinski definition) is 3. The molecule has 0 aliphatic heterocycles. The molecule has 0 fully saturated rings. The van der Waals surface area contributed by atoms with Crippen LogP contribution in [0.25, 0.3) is 11.1 Å². The van der Waals surface area contributed by atoms with Crippen molar-refractivity contribution < 1.29 is 21.6 Å². The van der Waals surface area contributed by atoms with E-state index in [-0.39, 0.29) is 15.1 Å². The molecule has 0 radical (unpaired) electrons. The summed E-state index contributed by atoms with van der Waals surface area (Å²) in [5, 5.41) is 3.21. The van der Waals surface area contributed by atoms with Gasteiger partial charge in [-0.2, -0.15) is 9.78 Å². The first-order valence-corrected chi connectivity index (χ1v) is 6.88. The van der Waals surface area contributed by atoms with E-state index >= 15 is 0 Å². The Kier molecular flexibility index (Phi) is 3.57. The molecule has 0 aliphatic rings. The fraction of sp³-hybridized carbons (Fsp3) is 0.182. The highest BCUT2D eigenvalue weighted by Gasteiger charge is 2.31. The van der Waals surface area contributed by atoms with Crippen molar-refractivity contribution >= 4 is 10.0 Å². The third-order valence-electron chi connectivity index (χ3n) is 2.61. The number of hydrogen-bond donors (Lipinski definition) is 1. The van der Waals surface area contributed by atoms with Crippen LogP contribution in [-0.2, 0) is 16.3 Å². The van der Waals surface area contributed by atoms with Crippen LogP contribution in [0.3, 0.4) is 0 Å². The summed E-state index contributed by atoms with van der Waals surface area (Å²) >= 11 is 0. The van der Waals surface area contributed by atoms with Gasteiger partial charge >= 0.3 is 6.30 Å². The Morgan fingerprint density at radius 1 is 1.15 bits per heavy atom. The third kappa shape index (κ3) is 2.83. The molecule has 0 amide bonds. The fourth-order valence-electron chi connectivity index (χ4n) is 1.55. The van der Waals surface area contributed by atoms with Crippen LogP contribution in [0.1, 0.15) is 0 Å². The van der Waals surface area contributed by atoms with Crippen molar-refractivity contribution in [1.29, 1.82) is 0 Å². The van der Waals surface area contributed by atoms with Crippen LogP contribution in [-0.4, -0.2) is 25.2 Å². The van der Waals surface area contributed by atoms with Gasteiger partial charge in [-0.25, -0.2) is 13.1 Å². The Bertz CT molecular complexity index is 705. The summed E-state index contributed by atoms with van der Waals surface area (Å²) < 4.78 is 62.2. The molecule has 1 aromatic heterocycles. The van der Waals surface area contributed by atoms with Crippen molar-refractivity contribution in [3.63, 3.8) is 0 Å². The minimum absolute atomic E-state index is 0.0342. The molecule has 1 N–H and O–H groups in total. The van der Waals surface area contributed by atoms with E-state index in [0.29, 0.717) is 5.56 Å². The molecular formula is C11H10F3N3O2S. The molecule has 9 heteroatoms. The van der Waals surface area contributed by atoms with Crippen molar-refractivity contribution in [3.8, 4) is 11.1 Å². The summed E-state index contributed by atoms with van der Waals surface area (Å²) in [4.78, 5) is 0.0342. The second-order valence-electron chi connectivity index (χ2n) is 3.87. The lowest BCUT2D eigenvalue weighted by molar-refractivity contribution is -0.212. The van der Waals surface area contributed by atoms with Crippen molar-refractivity contribution in [2.75, 3.05) is 7.05 Å². The Hall–Kier alpha value is -1.87. The van der Waals surface area contributed by atoms with Crippen LogP contribution in [0.4, 0.5) is 13.2 Å². The minimum Gasteiger partial charge on any atom is -0.214 e. The fourth-order valence-corrected chi connectivity index (χ4v) is 2.29. The van der Waals surface area contributed by atoms with Gasteiger partial charge in [0.25, 0.3) is 0 Å². The molecule has 0 aliphatic carbocycles. The first-order chi connectivity index (χ1) is 9.24. The van der Waals surface area contributed by atoms with Crippen LogP contribution in [0.15, 0.2) is 41.6 Å². The molecule has 0 spiro atoms. The second kappa shape index (κ2) is 4.91. The lowest BCUT2D eigenvalue weighted by Gasteiger charge is -2.05. The number of sulfonamides is 1. The summed E-state index contributed by atoms with van der Waals surface area (Å²) in [6.07, 6.45) is -2.68. The molecule has 20 heavy (non-hydrogen) atoms. The van der Waals surface area contributed by atoms with Gasteiger partial charge in [0.2, 0.25) is 10.0 Å². The Balaban J connectivity index is 2.34. The normalized spacial score (nSPS) is 12.6. The molecule has 0 saturated carbocycles. The smallest absolute Gasteiger partial charge is 0.214 e. The van der Waals surface area contributed by atoms with Gasteiger partial charge in [0.05, 0.1) is 11.1 Å². The maximum Gasteiger partial charge on any atom is 0.504 e. The summed E-state index contributed by atoms with van der Waals surface area (Å²) in [5.41, 5.74) is 0.686. The second-order valence-corrected chi connectivity index (χ2v) is 5.76. The molecule has 0 saturated heterocycles. The zero-order chi connectivity index (χ0) is 15.0. The number of rotatable bonds is 3. The first-order valence-electron chi connectivity index (χ1n) is 5.40. The maximum absolute atomic E-state index is 12.4. The molecule has 5 nitrogen and oxygen atoms in total. The zero-order valence-electron chi connectivity index (χ0n) is 10.2. The molecular weight excluding hydrogens is 295 g/mol. The molecule has 2 rings (SSSR count). The maximum atomic E-state index is 12.4. The number of benzene rings is 1. The Morgan fingerprint density at radius 3 is 2.20 bits per heavy atom. The largest absolute Gasteiger partial charge is 0.504 e. The highest BCUT2D eigenvalue weighted by Crippen LogP contribution is 2.26. The van der Waals surface area contributed by atoms with Gasteiger partial charge in [0, 0.05) is 11.8 Å². The van der Waals surface area contributed by atoms with Crippen LogP contribution >= 0.6 is 0 Å². The predicted molar refractivity (Wildman–Crippen MR) is 65.2 cm³/mol. The van der Waals surface area contributed by atoms with Gasteiger partial charge in [0.15, 0.2) is 0 Å². The predicted octanol–water partition coefficient (Wildman–Crippen LogP) is 1.93. The number of aromatic nitrogens is 2. The van der Waals surface area contributed by atoms with Crippen LogP contribution in [0.5, 0.6) is 0 Å². The van der Waals surface area contributed by atoms with Crippen LogP contribution in [0.2, 0.25) is 0 Å². The molecule has 0 unspecified atom stereocenters. The topological polar surface area (TPSA) is 64.0 Å². The van der Waals surface area contributed by atoms with Crippen LogP contribution in [0, 0.1) is 0 Å². The quantitative estimate of drug-likeness (QED) is 0.942. The summed E-state index contributed by atoms with van der Waals surface area (Å²) in [6.45, 7) is 0. The molecule has 1 heterocycles. The summed E-state index contributed by atoms with van der Waals surface area (Å²) in [6, 6.07) is 5.46. The Labute approximate surface area is 113 Å². The van der Waals surface area contributed by atoms with Crippen molar-refractivity contribution in [2.24, 2.45) is 0 Å². The highest BCUT2D eigenvalue weighted by atomic mass is 32.2. The molecule has 2 aromatic rings. The van der Waals surface area contributed by atoms with E-state index < -0.39 is 16.3 Å².